The lowest BCUT2D eigenvalue weighted by atomic mass is 10.5. The molecule has 0 aliphatic carbocycles. The third kappa shape index (κ3) is 7.46. The van der Waals surface area contributed by atoms with Crippen LogP contribution in [0, 0.1) is 0 Å². The molecule has 0 spiro atoms. The van der Waals surface area contributed by atoms with E-state index in [-0.39, 0.29) is 12.5 Å². The fourth-order valence-corrected chi connectivity index (χ4v) is 0.412. The first-order valence-electron chi connectivity index (χ1n) is 2.51. The molecule has 0 aromatic rings. The molecule has 0 aliphatic rings. The molecule has 0 unspecified atom stereocenters. The summed E-state index contributed by atoms with van der Waals surface area (Å²) in [5.74, 6) is -0.363. The van der Waals surface area contributed by atoms with E-state index in [2.05, 4.69) is 5.32 Å². The maximum Gasteiger partial charge on any atom is 0.231 e. The van der Waals surface area contributed by atoms with Crippen LogP contribution < -0.4 is 11.1 Å². The van der Waals surface area contributed by atoms with E-state index in [9.17, 15) is 4.79 Å². The van der Waals surface area contributed by atoms with Crippen molar-refractivity contribution in [2.75, 3.05) is 13.1 Å². The van der Waals surface area contributed by atoms with Crippen molar-refractivity contribution in [1.82, 2.24) is 5.32 Å². The van der Waals surface area contributed by atoms with Gasteiger partial charge in [-0.05, 0) is 0 Å². The zero-order chi connectivity index (χ0) is 7.11. The first kappa shape index (κ1) is 8.46. The van der Waals surface area contributed by atoms with Gasteiger partial charge in [0.1, 0.15) is 0 Å². The zero-order valence-corrected chi connectivity index (χ0v) is 5.69. The average Bonchev–Trinajstić information content (AvgIpc) is 1.80. The highest BCUT2D eigenvalue weighted by Crippen LogP contribution is 1.73. The van der Waals surface area contributed by atoms with Crippen LogP contribution in [0.2, 0.25) is 0 Å². The summed E-state index contributed by atoms with van der Waals surface area (Å²) in [6, 6.07) is 0. The van der Waals surface area contributed by atoms with E-state index in [4.69, 9.17) is 17.3 Å². The Morgan fingerprint density at radius 2 is 2.44 bits per heavy atom. The Kier molecular flexibility index (Phi) is 5.26. The third-order valence-electron chi connectivity index (χ3n) is 0.651. The summed E-state index contributed by atoms with van der Waals surface area (Å²) in [5.41, 5.74) is 6.20. The summed E-state index contributed by atoms with van der Waals surface area (Å²) in [4.78, 5) is 10.1. The number of nitrogens with one attached hydrogen (secondary N) is 1. The summed E-state index contributed by atoms with van der Waals surface area (Å²) >= 11 is 5.18. The van der Waals surface area contributed by atoms with Crippen LogP contribution in [-0.4, -0.2) is 19.0 Å². The second kappa shape index (κ2) is 5.59. The Bertz CT molecular complexity index is 114. The summed E-state index contributed by atoms with van der Waals surface area (Å²) in [6.45, 7) is 0.771. The predicted octanol–water partition coefficient (Wildman–Crippen LogP) is -0.186. The lowest BCUT2D eigenvalue weighted by Gasteiger charge is -1.93. The average molecular weight is 149 g/mol. The van der Waals surface area contributed by atoms with Crippen LogP contribution in [0.3, 0.4) is 0 Å². The molecule has 0 aliphatic heterocycles. The van der Waals surface area contributed by atoms with Gasteiger partial charge < -0.3 is 11.1 Å². The van der Waals surface area contributed by atoms with Crippen molar-refractivity contribution in [2.24, 2.45) is 5.73 Å². The lowest BCUT2D eigenvalue weighted by molar-refractivity contribution is -0.117. The SMILES string of the molecule is NC(=O)CNC/C=C/Cl. The highest BCUT2D eigenvalue weighted by Gasteiger charge is 1.87. The first-order chi connectivity index (χ1) is 4.27. The zero-order valence-electron chi connectivity index (χ0n) is 4.93. The normalized spacial score (nSPS) is 10.3. The topological polar surface area (TPSA) is 55.1 Å². The molecule has 1 amide bonds. The highest BCUT2D eigenvalue weighted by molar-refractivity contribution is 6.25. The van der Waals surface area contributed by atoms with Crippen LogP contribution in [-0.2, 0) is 4.79 Å². The summed E-state index contributed by atoms with van der Waals surface area (Å²) < 4.78 is 0. The number of nitrogens with two attached hydrogens (primary N) is 1. The van der Waals surface area contributed by atoms with E-state index in [0.29, 0.717) is 6.54 Å². The van der Waals surface area contributed by atoms with Gasteiger partial charge in [0.25, 0.3) is 0 Å². The molecule has 52 valence electrons. The number of primary amides is 1. The number of carbonyl (C=O) groups is 1. The van der Waals surface area contributed by atoms with E-state index in [1.807, 2.05) is 0 Å². The number of carbonyl (C=O) groups excluding carboxylic acids is 1. The van der Waals surface area contributed by atoms with Crippen LogP contribution in [0.4, 0.5) is 0 Å². The molecule has 4 heteroatoms. The van der Waals surface area contributed by atoms with E-state index >= 15 is 0 Å². The van der Waals surface area contributed by atoms with Crippen molar-refractivity contribution >= 4 is 17.5 Å². The van der Waals surface area contributed by atoms with Gasteiger partial charge in [0, 0.05) is 12.1 Å². The van der Waals surface area contributed by atoms with E-state index in [0.717, 1.165) is 0 Å². The molecular weight excluding hydrogens is 140 g/mol. The molecule has 0 saturated carbocycles. The highest BCUT2D eigenvalue weighted by atomic mass is 35.5. The van der Waals surface area contributed by atoms with Crippen molar-refractivity contribution in [2.45, 2.75) is 0 Å². The minimum Gasteiger partial charge on any atom is -0.369 e. The Morgan fingerprint density at radius 3 is 2.89 bits per heavy atom. The van der Waals surface area contributed by atoms with Crippen LogP contribution in [0.15, 0.2) is 11.6 Å². The van der Waals surface area contributed by atoms with Gasteiger partial charge in [-0.15, -0.1) is 0 Å². The fraction of sp³-hybridized carbons (Fsp3) is 0.400. The second-order valence-electron chi connectivity index (χ2n) is 1.46. The lowest BCUT2D eigenvalue weighted by Crippen LogP contribution is -2.28. The fourth-order valence-electron chi connectivity index (χ4n) is 0.323. The van der Waals surface area contributed by atoms with Crippen molar-refractivity contribution < 1.29 is 4.79 Å². The Balaban J connectivity index is 3.01. The molecule has 3 nitrogen and oxygen atoms in total. The van der Waals surface area contributed by atoms with Gasteiger partial charge in [0.05, 0.1) is 6.54 Å². The van der Waals surface area contributed by atoms with E-state index < -0.39 is 0 Å². The Labute approximate surface area is 58.9 Å². The predicted molar refractivity (Wildman–Crippen MR) is 37.1 cm³/mol. The van der Waals surface area contributed by atoms with Gasteiger partial charge in [-0.2, -0.15) is 0 Å². The Morgan fingerprint density at radius 1 is 1.78 bits per heavy atom. The molecule has 0 aromatic carbocycles. The summed E-state index contributed by atoms with van der Waals surface area (Å²) in [6.07, 6.45) is 1.69. The standard InChI is InChI=1S/C5H9ClN2O/c6-2-1-3-8-4-5(7)9/h1-2,8H,3-4H2,(H2,7,9)/b2-1+. The number of amides is 1. The first-order valence-corrected chi connectivity index (χ1v) is 2.95. The smallest absolute Gasteiger partial charge is 0.231 e. The van der Waals surface area contributed by atoms with Gasteiger partial charge in [0.2, 0.25) is 5.91 Å². The van der Waals surface area contributed by atoms with Gasteiger partial charge in [-0.3, -0.25) is 4.79 Å². The van der Waals surface area contributed by atoms with Gasteiger partial charge in [-0.25, -0.2) is 0 Å². The van der Waals surface area contributed by atoms with E-state index in [1.165, 1.54) is 5.54 Å². The van der Waals surface area contributed by atoms with Crippen LogP contribution in [0.1, 0.15) is 0 Å². The van der Waals surface area contributed by atoms with Crippen LogP contribution in [0.25, 0.3) is 0 Å². The van der Waals surface area contributed by atoms with Gasteiger partial charge >= 0.3 is 0 Å². The molecule has 0 atom stereocenters. The summed E-state index contributed by atoms with van der Waals surface area (Å²) in [5, 5.41) is 2.74. The molecular formula is C5H9ClN2O. The number of hydrogen-bond acceptors (Lipinski definition) is 2. The van der Waals surface area contributed by atoms with Crippen LogP contribution in [0.5, 0.6) is 0 Å². The second-order valence-corrected chi connectivity index (χ2v) is 1.71. The van der Waals surface area contributed by atoms with Crippen molar-refractivity contribution in [1.29, 1.82) is 0 Å². The molecule has 0 rings (SSSR count). The van der Waals surface area contributed by atoms with Crippen LogP contribution >= 0.6 is 11.6 Å². The van der Waals surface area contributed by atoms with E-state index in [1.54, 1.807) is 6.08 Å². The minimum absolute atomic E-state index is 0.196. The minimum atomic E-state index is -0.363. The van der Waals surface area contributed by atoms with Gasteiger partial charge in [0.15, 0.2) is 0 Å². The molecule has 0 heterocycles. The third-order valence-corrected chi connectivity index (χ3v) is 0.829. The number of halogens is 1. The quantitative estimate of drug-likeness (QED) is 0.544. The molecule has 0 bridgehead atoms. The molecule has 0 radical (unpaired) electrons. The number of rotatable bonds is 4. The molecule has 3 N–H and O–H groups in total. The largest absolute Gasteiger partial charge is 0.369 e. The Hall–Kier alpha value is -0.540. The molecule has 0 saturated heterocycles. The maximum atomic E-state index is 10.1. The van der Waals surface area contributed by atoms with Crippen molar-refractivity contribution in [3.05, 3.63) is 11.6 Å². The molecule has 0 aromatic heterocycles. The maximum absolute atomic E-state index is 10.1. The number of hydrogen-bond donors (Lipinski definition) is 2. The molecule has 0 fully saturated rings. The monoisotopic (exact) mass is 148 g/mol. The molecule has 9 heavy (non-hydrogen) atoms. The van der Waals surface area contributed by atoms with Crippen molar-refractivity contribution in [3.8, 4) is 0 Å². The summed E-state index contributed by atoms with van der Waals surface area (Å²) in [7, 11) is 0. The van der Waals surface area contributed by atoms with Gasteiger partial charge in [-0.1, -0.05) is 17.7 Å². The van der Waals surface area contributed by atoms with Crippen molar-refractivity contribution in [3.63, 3.8) is 0 Å².